The number of piperidine rings is 1. The normalized spacial score (nSPS) is 34.2. The van der Waals surface area contributed by atoms with E-state index in [1.54, 1.807) is 4.31 Å². The summed E-state index contributed by atoms with van der Waals surface area (Å²) in [6.45, 7) is 6.06. The van der Waals surface area contributed by atoms with E-state index in [0.29, 0.717) is 31.5 Å². The van der Waals surface area contributed by atoms with Gasteiger partial charge in [-0.15, -0.1) is 0 Å². The van der Waals surface area contributed by atoms with Gasteiger partial charge in [-0.25, -0.2) is 0 Å². The largest absolute Gasteiger partial charge is 0.329 e. The second-order valence-corrected chi connectivity index (χ2v) is 8.53. The maximum Gasteiger partial charge on any atom is 0.279 e. The van der Waals surface area contributed by atoms with Crippen LogP contribution in [-0.2, 0) is 10.2 Å². The Hall–Kier alpha value is -0.170. The molecule has 118 valence electrons. The molecule has 2 rings (SSSR count). The Balaban J connectivity index is 2.02. The fourth-order valence-electron chi connectivity index (χ4n) is 3.23. The minimum Gasteiger partial charge on any atom is -0.329 e. The Kier molecular flexibility index (Phi) is 5.10. The van der Waals surface area contributed by atoms with Crippen LogP contribution in [0.1, 0.15) is 52.4 Å². The summed E-state index contributed by atoms with van der Waals surface area (Å²) in [5, 5.41) is 0. The van der Waals surface area contributed by atoms with Crippen LogP contribution >= 0.6 is 0 Å². The van der Waals surface area contributed by atoms with Gasteiger partial charge in [0.1, 0.15) is 0 Å². The molecule has 2 aliphatic rings. The van der Waals surface area contributed by atoms with Gasteiger partial charge in [0, 0.05) is 25.2 Å². The third-order valence-electron chi connectivity index (χ3n) is 5.05. The molecule has 1 aliphatic heterocycles. The lowest BCUT2D eigenvalue weighted by molar-refractivity contribution is 0.220. The Morgan fingerprint density at radius 3 is 2.10 bits per heavy atom. The Labute approximate surface area is 123 Å². The van der Waals surface area contributed by atoms with Crippen molar-refractivity contribution in [2.24, 2.45) is 17.6 Å². The van der Waals surface area contributed by atoms with Crippen molar-refractivity contribution in [3.8, 4) is 0 Å². The van der Waals surface area contributed by atoms with E-state index in [9.17, 15) is 8.42 Å². The maximum atomic E-state index is 12.6. The highest BCUT2D eigenvalue weighted by Gasteiger charge is 2.39. The molecule has 0 atom stereocenters. The molecule has 2 fully saturated rings. The summed E-state index contributed by atoms with van der Waals surface area (Å²) in [6, 6.07) is 0. The van der Waals surface area contributed by atoms with Gasteiger partial charge in [-0.2, -0.15) is 17.4 Å². The molecule has 0 aromatic rings. The average Bonchev–Trinajstić information content (AvgIpc) is 2.42. The average molecular weight is 303 g/mol. The minimum absolute atomic E-state index is 0.392. The number of nitrogens with one attached hydrogen (secondary N) is 1. The summed E-state index contributed by atoms with van der Waals surface area (Å²) in [5.74, 6) is 1.30. The lowest BCUT2D eigenvalue weighted by atomic mass is 9.78. The van der Waals surface area contributed by atoms with Gasteiger partial charge in [-0.05, 0) is 50.4 Å². The van der Waals surface area contributed by atoms with Crippen molar-refractivity contribution in [1.82, 2.24) is 9.03 Å². The second-order valence-electron chi connectivity index (χ2n) is 6.86. The van der Waals surface area contributed by atoms with Gasteiger partial charge in [0.25, 0.3) is 10.2 Å². The Bertz CT molecular complexity index is 408. The number of hydrogen-bond donors (Lipinski definition) is 2. The maximum absolute atomic E-state index is 12.6. The molecule has 1 heterocycles. The quantitative estimate of drug-likeness (QED) is 0.825. The molecule has 0 radical (unpaired) electrons. The summed E-state index contributed by atoms with van der Waals surface area (Å²) in [4.78, 5) is 0. The van der Waals surface area contributed by atoms with E-state index in [-0.39, 0.29) is 0 Å². The smallest absolute Gasteiger partial charge is 0.279 e. The zero-order valence-electron chi connectivity index (χ0n) is 12.8. The first kappa shape index (κ1) is 16.2. The van der Waals surface area contributed by atoms with Crippen LogP contribution in [0.25, 0.3) is 0 Å². The first-order chi connectivity index (χ1) is 9.37. The van der Waals surface area contributed by atoms with Gasteiger partial charge in [-0.3, -0.25) is 0 Å². The fraction of sp³-hybridized carbons (Fsp3) is 1.00. The standard InChI is InChI=1S/C14H29N3O2S/c1-12-3-7-14(11-15,8-4-12)16-20(18,19)17-9-5-13(2)6-10-17/h12-13,16H,3-11,15H2,1-2H3. The van der Waals surface area contributed by atoms with E-state index < -0.39 is 15.7 Å². The van der Waals surface area contributed by atoms with Crippen LogP contribution in [0.3, 0.4) is 0 Å². The highest BCUT2D eigenvalue weighted by molar-refractivity contribution is 7.87. The van der Waals surface area contributed by atoms with E-state index in [1.165, 1.54) is 0 Å². The molecule has 3 N–H and O–H groups in total. The summed E-state index contributed by atoms with van der Waals surface area (Å²) < 4.78 is 29.7. The van der Waals surface area contributed by atoms with Crippen molar-refractivity contribution in [3.05, 3.63) is 0 Å². The minimum atomic E-state index is -3.39. The molecule has 1 saturated heterocycles. The Morgan fingerprint density at radius 1 is 1.10 bits per heavy atom. The van der Waals surface area contributed by atoms with Crippen molar-refractivity contribution in [1.29, 1.82) is 0 Å². The molecule has 1 aliphatic carbocycles. The third kappa shape index (κ3) is 3.72. The number of nitrogens with two attached hydrogens (primary N) is 1. The van der Waals surface area contributed by atoms with E-state index in [2.05, 4.69) is 18.6 Å². The molecule has 20 heavy (non-hydrogen) atoms. The molecule has 0 spiro atoms. The van der Waals surface area contributed by atoms with Crippen LogP contribution in [0.5, 0.6) is 0 Å². The van der Waals surface area contributed by atoms with E-state index in [1.807, 2.05) is 0 Å². The van der Waals surface area contributed by atoms with Gasteiger partial charge in [-0.1, -0.05) is 13.8 Å². The van der Waals surface area contributed by atoms with Gasteiger partial charge in [0.15, 0.2) is 0 Å². The highest BCUT2D eigenvalue weighted by atomic mass is 32.2. The van der Waals surface area contributed by atoms with Crippen molar-refractivity contribution in [2.75, 3.05) is 19.6 Å². The zero-order chi connectivity index (χ0) is 14.8. The molecule has 6 heteroatoms. The van der Waals surface area contributed by atoms with Crippen molar-refractivity contribution >= 4 is 10.2 Å². The van der Waals surface area contributed by atoms with Crippen molar-refractivity contribution in [3.63, 3.8) is 0 Å². The second kappa shape index (κ2) is 6.30. The molecule has 0 unspecified atom stereocenters. The summed E-state index contributed by atoms with van der Waals surface area (Å²) >= 11 is 0. The monoisotopic (exact) mass is 303 g/mol. The SMILES string of the molecule is CC1CCN(S(=O)(=O)NC2(CN)CCC(C)CC2)CC1. The van der Waals surface area contributed by atoms with Gasteiger partial charge >= 0.3 is 0 Å². The predicted octanol–water partition coefficient (Wildman–Crippen LogP) is 1.46. The lowest BCUT2D eigenvalue weighted by Crippen LogP contribution is -2.59. The van der Waals surface area contributed by atoms with E-state index in [4.69, 9.17) is 5.73 Å². The molecule has 0 aromatic heterocycles. The zero-order valence-corrected chi connectivity index (χ0v) is 13.6. The van der Waals surface area contributed by atoms with Gasteiger partial charge in [0.05, 0.1) is 0 Å². The van der Waals surface area contributed by atoms with Gasteiger partial charge < -0.3 is 5.73 Å². The summed E-state index contributed by atoms with van der Waals surface area (Å²) in [6.07, 6.45) is 5.72. The van der Waals surface area contributed by atoms with Crippen LogP contribution < -0.4 is 10.5 Å². The first-order valence-corrected chi connectivity index (χ1v) is 9.30. The van der Waals surface area contributed by atoms with Crippen LogP contribution in [0, 0.1) is 11.8 Å². The summed E-state index contributed by atoms with van der Waals surface area (Å²) in [7, 11) is -3.39. The van der Waals surface area contributed by atoms with Crippen LogP contribution in [0.2, 0.25) is 0 Å². The topological polar surface area (TPSA) is 75.4 Å². The first-order valence-electron chi connectivity index (χ1n) is 7.86. The molecule has 0 bridgehead atoms. The lowest BCUT2D eigenvalue weighted by Gasteiger charge is -2.41. The summed E-state index contributed by atoms with van der Waals surface area (Å²) in [5.41, 5.74) is 5.47. The predicted molar refractivity (Wildman–Crippen MR) is 81.4 cm³/mol. The molecule has 0 amide bonds. The molecule has 0 aromatic carbocycles. The number of hydrogen-bond acceptors (Lipinski definition) is 3. The Morgan fingerprint density at radius 2 is 1.60 bits per heavy atom. The van der Waals surface area contributed by atoms with E-state index in [0.717, 1.165) is 38.5 Å². The molecular weight excluding hydrogens is 274 g/mol. The third-order valence-corrected chi connectivity index (χ3v) is 6.79. The number of nitrogens with zero attached hydrogens (tertiary/aromatic N) is 1. The van der Waals surface area contributed by atoms with Crippen LogP contribution in [0.15, 0.2) is 0 Å². The van der Waals surface area contributed by atoms with Crippen LogP contribution in [-0.4, -0.2) is 37.9 Å². The molecule has 5 nitrogen and oxygen atoms in total. The number of rotatable bonds is 4. The van der Waals surface area contributed by atoms with Crippen molar-refractivity contribution < 1.29 is 8.42 Å². The van der Waals surface area contributed by atoms with Crippen LogP contribution in [0.4, 0.5) is 0 Å². The van der Waals surface area contributed by atoms with Crippen molar-refractivity contribution in [2.45, 2.75) is 57.9 Å². The van der Waals surface area contributed by atoms with Gasteiger partial charge in [0.2, 0.25) is 0 Å². The molecule has 1 saturated carbocycles. The highest BCUT2D eigenvalue weighted by Crippen LogP contribution is 2.32. The molecular formula is C14H29N3O2S. The van der Waals surface area contributed by atoms with E-state index >= 15 is 0 Å². The fourth-order valence-corrected chi connectivity index (χ4v) is 4.88.